The lowest BCUT2D eigenvalue weighted by molar-refractivity contribution is -0.386. The van der Waals surface area contributed by atoms with E-state index in [1.807, 2.05) is 12.1 Å². The molecule has 1 aliphatic carbocycles. The van der Waals surface area contributed by atoms with Crippen LogP contribution in [0.2, 0.25) is 0 Å². The fourth-order valence-corrected chi connectivity index (χ4v) is 2.12. The highest BCUT2D eigenvalue weighted by Crippen LogP contribution is 2.50. The van der Waals surface area contributed by atoms with Gasteiger partial charge in [-0.2, -0.15) is 0 Å². The van der Waals surface area contributed by atoms with Crippen molar-refractivity contribution in [2.24, 2.45) is 11.7 Å². The predicted octanol–water partition coefficient (Wildman–Crippen LogP) is 1.97. The van der Waals surface area contributed by atoms with Gasteiger partial charge in [-0.25, -0.2) is 0 Å². The number of nitrogens with two attached hydrogens (primary N) is 1. The summed E-state index contributed by atoms with van der Waals surface area (Å²) in [7, 11) is 0. The summed E-state index contributed by atoms with van der Waals surface area (Å²) in [4.78, 5) is 10.7. The van der Waals surface area contributed by atoms with Gasteiger partial charge in [-0.1, -0.05) is 18.2 Å². The van der Waals surface area contributed by atoms with Gasteiger partial charge < -0.3 is 5.73 Å². The van der Waals surface area contributed by atoms with E-state index in [0.29, 0.717) is 18.4 Å². The van der Waals surface area contributed by atoms with Gasteiger partial charge in [0.25, 0.3) is 5.69 Å². The summed E-state index contributed by atoms with van der Waals surface area (Å²) in [6.07, 6.45) is 0.987. The molecule has 1 aromatic carbocycles. The number of nitro benzene ring substituents is 1. The Kier molecular flexibility index (Phi) is 2.44. The largest absolute Gasteiger partial charge is 0.330 e. The van der Waals surface area contributed by atoms with Crippen LogP contribution in [-0.2, 0) is 0 Å². The van der Waals surface area contributed by atoms with E-state index in [0.717, 1.165) is 17.5 Å². The minimum atomic E-state index is -0.281. The summed E-state index contributed by atoms with van der Waals surface area (Å²) in [6.45, 7) is 2.40. The van der Waals surface area contributed by atoms with E-state index in [4.69, 9.17) is 5.73 Å². The Morgan fingerprint density at radius 2 is 2.33 bits per heavy atom. The van der Waals surface area contributed by atoms with Crippen molar-refractivity contribution < 1.29 is 4.92 Å². The van der Waals surface area contributed by atoms with E-state index >= 15 is 0 Å². The minimum Gasteiger partial charge on any atom is -0.330 e. The number of hydrogen-bond acceptors (Lipinski definition) is 3. The van der Waals surface area contributed by atoms with Gasteiger partial charge in [-0.05, 0) is 31.7 Å². The quantitative estimate of drug-likeness (QED) is 0.607. The first kappa shape index (κ1) is 10.1. The molecule has 0 radical (unpaired) electrons. The van der Waals surface area contributed by atoms with Crippen LogP contribution < -0.4 is 5.73 Å². The Hall–Kier alpha value is -1.42. The van der Waals surface area contributed by atoms with Gasteiger partial charge in [0.15, 0.2) is 0 Å². The smallest absolute Gasteiger partial charge is 0.275 e. The SMILES string of the molecule is Cc1cccc([C@@H]2C[C@H]2CN)c1[N+](=O)[O-]. The van der Waals surface area contributed by atoms with Crippen LogP contribution in [0.3, 0.4) is 0 Å². The molecule has 0 heterocycles. The molecule has 80 valence electrons. The fourth-order valence-electron chi connectivity index (χ4n) is 2.12. The van der Waals surface area contributed by atoms with Crippen molar-refractivity contribution in [1.29, 1.82) is 0 Å². The van der Waals surface area contributed by atoms with Gasteiger partial charge in [-0.3, -0.25) is 10.1 Å². The second-order valence-electron chi connectivity index (χ2n) is 4.11. The van der Waals surface area contributed by atoms with Crippen LogP contribution in [0.15, 0.2) is 18.2 Å². The summed E-state index contributed by atoms with van der Waals surface area (Å²) in [6, 6.07) is 5.51. The molecule has 1 saturated carbocycles. The van der Waals surface area contributed by atoms with Gasteiger partial charge >= 0.3 is 0 Å². The maximum Gasteiger partial charge on any atom is 0.275 e. The Morgan fingerprint density at radius 1 is 1.60 bits per heavy atom. The first-order valence-corrected chi connectivity index (χ1v) is 5.09. The van der Waals surface area contributed by atoms with Crippen molar-refractivity contribution in [3.63, 3.8) is 0 Å². The van der Waals surface area contributed by atoms with Crippen molar-refractivity contribution in [2.75, 3.05) is 6.54 Å². The van der Waals surface area contributed by atoms with Crippen molar-refractivity contribution in [2.45, 2.75) is 19.3 Å². The topological polar surface area (TPSA) is 69.2 Å². The molecular formula is C11H14N2O2. The second-order valence-corrected chi connectivity index (χ2v) is 4.11. The second kappa shape index (κ2) is 3.62. The van der Waals surface area contributed by atoms with Crippen molar-refractivity contribution in [3.05, 3.63) is 39.4 Å². The van der Waals surface area contributed by atoms with E-state index in [2.05, 4.69) is 0 Å². The van der Waals surface area contributed by atoms with Gasteiger partial charge in [0, 0.05) is 11.1 Å². The van der Waals surface area contributed by atoms with E-state index < -0.39 is 0 Å². The standard InChI is InChI=1S/C11H14N2O2/c1-7-3-2-4-9(11(7)13(14)15)10-5-8(10)6-12/h2-4,8,10H,5-6,12H2,1H3/t8-,10+/m0/s1. The molecule has 0 unspecified atom stereocenters. The third-order valence-corrected chi connectivity index (χ3v) is 3.08. The Labute approximate surface area is 88.2 Å². The van der Waals surface area contributed by atoms with Crippen LogP contribution in [0.1, 0.15) is 23.5 Å². The zero-order chi connectivity index (χ0) is 11.0. The normalized spacial score (nSPS) is 23.9. The minimum absolute atomic E-state index is 0.276. The summed E-state index contributed by atoms with van der Waals surface area (Å²) < 4.78 is 0. The van der Waals surface area contributed by atoms with Crippen LogP contribution in [0.5, 0.6) is 0 Å². The van der Waals surface area contributed by atoms with Crippen molar-refractivity contribution in [1.82, 2.24) is 0 Å². The molecule has 2 N–H and O–H groups in total. The van der Waals surface area contributed by atoms with E-state index in [9.17, 15) is 10.1 Å². The first-order chi connectivity index (χ1) is 7.15. The van der Waals surface area contributed by atoms with Gasteiger partial charge in [0.1, 0.15) is 0 Å². The molecule has 2 atom stereocenters. The van der Waals surface area contributed by atoms with Crippen LogP contribution in [0.4, 0.5) is 5.69 Å². The average Bonchev–Trinajstić information content (AvgIpc) is 2.95. The van der Waals surface area contributed by atoms with E-state index in [-0.39, 0.29) is 10.6 Å². The number of para-hydroxylation sites is 1. The first-order valence-electron chi connectivity index (χ1n) is 5.09. The maximum atomic E-state index is 10.9. The summed E-state index contributed by atoms with van der Waals surface area (Å²) in [5.74, 6) is 0.737. The zero-order valence-corrected chi connectivity index (χ0v) is 8.64. The molecule has 0 aromatic heterocycles. The number of nitro groups is 1. The highest BCUT2D eigenvalue weighted by atomic mass is 16.6. The van der Waals surface area contributed by atoms with Crippen LogP contribution in [0.25, 0.3) is 0 Å². The lowest BCUT2D eigenvalue weighted by atomic mass is 10.0. The zero-order valence-electron chi connectivity index (χ0n) is 8.64. The molecular weight excluding hydrogens is 192 g/mol. The molecule has 0 spiro atoms. The molecule has 1 fully saturated rings. The molecule has 4 nitrogen and oxygen atoms in total. The molecule has 1 aliphatic rings. The fraction of sp³-hybridized carbons (Fsp3) is 0.455. The summed E-state index contributed by atoms with van der Waals surface area (Å²) >= 11 is 0. The molecule has 0 saturated heterocycles. The molecule has 0 bridgehead atoms. The number of benzene rings is 1. The lowest BCUT2D eigenvalue weighted by Crippen LogP contribution is -2.03. The number of rotatable bonds is 3. The molecule has 1 aromatic rings. The van der Waals surface area contributed by atoms with Crippen LogP contribution >= 0.6 is 0 Å². The van der Waals surface area contributed by atoms with Crippen LogP contribution in [-0.4, -0.2) is 11.5 Å². The van der Waals surface area contributed by atoms with Gasteiger partial charge in [-0.15, -0.1) is 0 Å². The molecule has 0 amide bonds. The highest BCUT2D eigenvalue weighted by Gasteiger charge is 2.41. The Bertz CT molecular complexity index is 404. The highest BCUT2D eigenvalue weighted by molar-refractivity contribution is 5.50. The molecule has 0 aliphatic heterocycles. The number of nitrogens with zero attached hydrogens (tertiary/aromatic N) is 1. The van der Waals surface area contributed by atoms with Gasteiger partial charge in [0.05, 0.1) is 4.92 Å². The average molecular weight is 206 g/mol. The monoisotopic (exact) mass is 206 g/mol. The lowest BCUT2D eigenvalue weighted by Gasteiger charge is -2.04. The third-order valence-electron chi connectivity index (χ3n) is 3.08. The van der Waals surface area contributed by atoms with Crippen molar-refractivity contribution >= 4 is 5.69 Å². The van der Waals surface area contributed by atoms with Crippen molar-refractivity contribution in [3.8, 4) is 0 Å². The number of aryl methyl sites for hydroxylation is 1. The Balaban J connectivity index is 2.39. The third kappa shape index (κ3) is 1.72. The summed E-state index contributed by atoms with van der Waals surface area (Å²) in [5, 5.41) is 10.9. The van der Waals surface area contributed by atoms with E-state index in [1.54, 1.807) is 13.0 Å². The van der Waals surface area contributed by atoms with Gasteiger partial charge in [0.2, 0.25) is 0 Å². The maximum absolute atomic E-state index is 10.9. The molecule has 15 heavy (non-hydrogen) atoms. The molecule has 4 heteroatoms. The predicted molar refractivity (Wildman–Crippen MR) is 57.7 cm³/mol. The van der Waals surface area contributed by atoms with E-state index in [1.165, 1.54) is 0 Å². The molecule has 2 rings (SSSR count). The summed E-state index contributed by atoms with van der Waals surface area (Å²) in [5.41, 5.74) is 7.43. The van der Waals surface area contributed by atoms with Crippen LogP contribution in [0, 0.1) is 23.0 Å². The Morgan fingerprint density at radius 3 is 2.87 bits per heavy atom. The number of hydrogen-bond donors (Lipinski definition) is 1.